The zero-order valence-electron chi connectivity index (χ0n) is 15.9. The van der Waals surface area contributed by atoms with E-state index in [-0.39, 0.29) is 4.83 Å². The van der Waals surface area contributed by atoms with Gasteiger partial charge in [0.05, 0.1) is 21.4 Å². The number of hydrogen-bond acceptors (Lipinski definition) is 6. The highest BCUT2D eigenvalue weighted by Gasteiger charge is 2.33. The number of alkyl halides is 3. The maximum Gasteiger partial charge on any atom is 0.433 e. The van der Waals surface area contributed by atoms with Gasteiger partial charge in [0.25, 0.3) is 0 Å². The number of thiophene rings is 1. The number of pyridine rings is 1. The second-order valence-electron chi connectivity index (χ2n) is 6.97. The van der Waals surface area contributed by atoms with Crippen LogP contribution in [0.1, 0.15) is 28.5 Å². The van der Waals surface area contributed by atoms with E-state index in [0.29, 0.717) is 39.2 Å². The molecule has 0 bridgehead atoms. The van der Waals surface area contributed by atoms with Gasteiger partial charge in [0, 0.05) is 5.39 Å². The van der Waals surface area contributed by atoms with Crippen LogP contribution in [0.5, 0.6) is 0 Å². The molecule has 5 rings (SSSR count). The average Bonchev–Trinajstić information content (AvgIpc) is 3.31. The van der Waals surface area contributed by atoms with Gasteiger partial charge in [0.2, 0.25) is 0 Å². The topological polar surface area (TPSA) is 73.8 Å². The van der Waals surface area contributed by atoms with Gasteiger partial charge >= 0.3 is 6.18 Å². The molecule has 154 valence electrons. The van der Waals surface area contributed by atoms with E-state index < -0.39 is 11.9 Å². The van der Waals surface area contributed by atoms with Gasteiger partial charge in [-0.15, -0.1) is 16.4 Å². The first kappa shape index (κ1) is 19.4. The molecule has 0 N–H and O–H groups in total. The summed E-state index contributed by atoms with van der Waals surface area (Å²) in [6, 6.07) is 1.05. The van der Waals surface area contributed by atoms with Crippen LogP contribution in [0.3, 0.4) is 0 Å². The van der Waals surface area contributed by atoms with Crippen LogP contribution in [0.15, 0.2) is 16.9 Å². The third-order valence-corrected chi connectivity index (χ3v) is 7.10. The Kier molecular flexibility index (Phi) is 4.16. The van der Waals surface area contributed by atoms with Gasteiger partial charge in [0.1, 0.15) is 28.1 Å². The van der Waals surface area contributed by atoms with Gasteiger partial charge in [-0.3, -0.25) is 4.68 Å². The van der Waals surface area contributed by atoms with E-state index in [1.165, 1.54) is 10.8 Å². The molecule has 0 saturated carbocycles. The molecule has 0 fully saturated rings. The van der Waals surface area contributed by atoms with Crippen molar-refractivity contribution in [3.63, 3.8) is 0 Å². The molecule has 0 aliphatic heterocycles. The first-order valence-electron chi connectivity index (χ1n) is 8.84. The van der Waals surface area contributed by atoms with Crippen LogP contribution in [-0.2, 0) is 12.7 Å². The number of hydrogen-bond donors (Lipinski definition) is 0. The molecule has 0 spiro atoms. The van der Waals surface area contributed by atoms with Gasteiger partial charge < -0.3 is 0 Å². The summed E-state index contributed by atoms with van der Waals surface area (Å²) >= 11 is 4.64. The first-order chi connectivity index (χ1) is 14.1. The number of aryl methyl sites for hydroxylation is 2. The maximum absolute atomic E-state index is 13.2. The minimum atomic E-state index is -4.51. The molecule has 12 heteroatoms. The lowest BCUT2D eigenvalue weighted by atomic mass is 10.1. The quantitative estimate of drug-likeness (QED) is 0.350. The van der Waals surface area contributed by atoms with E-state index >= 15 is 0 Å². The van der Waals surface area contributed by atoms with Crippen LogP contribution in [0.2, 0.25) is 0 Å². The lowest BCUT2D eigenvalue weighted by Crippen LogP contribution is -2.07. The molecule has 5 heterocycles. The molecular weight excluding hydrogens is 483 g/mol. The third kappa shape index (κ3) is 2.88. The molecule has 0 aromatic carbocycles. The largest absolute Gasteiger partial charge is 0.433 e. The van der Waals surface area contributed by atoms with E-state index in [1.54, 1.807) is 11.6 Å². The summed E-state index contributed by atoms with van der Waals surface area (Å²) in [4.78, 5) is 13.1. The van der Waals surface area contributed by atoms with Crippen molar-refractivity contribution in [2.75, 3.05) is 0 Å². The number of aromatic nitrogens is 7. The van der Waals surface area contributed by atoms with E-state index in [2.05, 4.69) is 41.1 Å². The van der Waals surface area contributed by atoms with E-state index in [9.17, 15) is 13.2 Å². The van der Waals surface area contributed by atoms with Crippen LogP contribution in [0.4, 0.5) is 13.2 Å². The molecule has 0 unspecified atom stereocenters. The fourth-order valence-corrected chi connectivity index (χ4v) is 4.89. The van der Waals surface area contributed by atoms with E-state index in [4.69, 9.17) is 0 Å². The minimum absolute atomic E-state index is 0.282. The third-order valence-electron chi connectivity index (χ3n) is 4.88. The number of nitrogens with zero attached hydrogens (tertiary/aromatic N) is 7. The lowest BCUT2D eigenvalue weighted by molar-refractivity contribution is -0.141. The molecular formula is C18H13BrF3N7S. The van der Waals surface area contributed by atoms with E-state index in [0.717, 1.165) is 33.3 Å². The Bertz CT molecular complexity index is 1460. The monoisotopic (exact) mass is 495 g/mol. The zero-order chi connectivity index (χ0) is 21.4. The number of fused-ring (bicyclic) bond motifs is 5. The Morgan fingerprint density at radius 1 is 1.13 bits per heavy atom. The van der Waals surface area contributed by atoms with Crippen molar-refractivity contribution in [2.45, 2.75) is 33.5 Å². The molecule has 0 atom stereocenters. The summed E-state index contributed by atoms with van der Waals surface area (Å²) in [5, 5.41) is 9.54. The molecule has 5 aromatic heterocycles. The summed E-state index contributed by atoms with van der Waals surface area (Å²) in [7, 11) is 0. The summed E-state index contributed by atoms with van der Waals surface area (Å²) in [6.45, 7) is 5.84. The highest BCUT2D eigenvalue weighted by Crippen LogP contribution is 2.38. The molecule has 5 aromatic rings. The van der Waals surface area contributed by atoms with Gasteiger partial charge in [-0.2, -0.15) is 18.3 Å². The van der Waals surface area contributed by atoms with Crippen molar-refractivity contribution < 1.29 is 13.2 Å². The normalized spacial score (nSPS) is 12.6. The maximum atomic E-state index is 13.2. The van der Waals surface area contributed by atoms with Crippen molar-refractivity contribution in [3.05, 3.63) is 45.3 Å². The first-order valence-corrected chi connectivity index (χ1v) is 10.4. The number of rotatable bonds is 2. The van der Waals surface area contributed by atoms with Crippen LogP contribution in [0, 0.1) is 20.8 Å². The molecule has 0 aliphatic rings. The second kappa shape index (κ2) is 6.45. The molecule has 0 amide bonds. The van der Waals surface area contributed by atoms with Crippen LogP contribution in [-0.4, -0.2) is 34.3 Å². The number of halogens is 4. The van der Waals surface area contributed by atoms with Crippen molar-refractivity contribution in [3.8, 4) is 0 Å². The molecule has 0 radical (unpaired) electrons. The minimum Gasteiger partial charge on any atom is -0.261 e. The van der Waals surface area contributed by atoms with Gasteiger partial charge in [0.15, 0.2) is 11.5 Å². The Morgan fingerprint density at radius 3 is 2.57 bits per heavy atom. The van der Waals surface area contributed by atoms with Gasteiger partial charge in [-0.25, -0.2) is 19.5 Å². The van der Waals surface area contributed by atoms with Crippen LogP contribution < -0.4 is 0 Å². The summed E-state index contributed by atoms with van der Waals surface area (Å²) in [5.41, 5.74) is 2.50. The standard InChI is InChI=1S/C18H13BrF3N7S/c1-7-4-10(18(20,21)22)24-17-12(7)14-15(30-17)16-25-11(27-29(16)6-23-14)5-28-9(3)13(19)8(2)26-28/h4,6H,5H2,1-3H3. The van der Waals surface area contributed by atoms with E-state index in [1.807, 2.05) is 13.8 Å². The second-order valence-corrected chi connectivity index (χ2v) is 8.76. The highest BCUT2D eigenvalue weighted by atomic mass is 79.9. The Balaban J connectivity index is 1.68. The Hall–Kier alpha value is -2.60. The van der Waals surface area contributed by atoms with Crippen molar-refractivity contribution >= 4 is 53.3 Å². The average molecular weight is 496 g/mol. The molecule has 7 nitrogen and oxygen atoms in total. The summed E-state index contributed by atoms with van der Waals surface area (Å²) in [5.74, 6) is 0.528. The molecule has 30 heavy (non-hydrogen) atoms. The smallest absolute Gasteiger partial charge is 0.261 e. The van der Waals surface area contributed by atoms with Crippen LogP contribution >= 0.6 is 27.3 Å². The highest BCUT2D eigenvalue weighted by molar-refractivity contribution is 9.10. The Labute approximate surface area is 179 Å². The van der Waals surface area contributed by atoms with Gasteiger partial charge in [-0.1, -0.05) is 0 Å². The predicted molar refractivity (Wildman–Crippen MR) is 110 cm³/mol. The Morgan fingerprint density at radius 2 is 1.90 bits per heavy atom. The summed E-state index contributed by atoms with van der Waals surface area (Å²) in [6.07, 6.45) is -2.98. The van der Waals surface area contributed by atoms with Crippen LogP contribution in [0.25, 0.3) is 26.1 Å². The van der Waals surface area contributed by atoms with Crippen molar-refractivity contribution in [1.82, 2.24) is 34.3 Å². The zero-order valence-corrected chi connectivity index (χ0v) is 18.3. The van der Waals surface area contributed by atoms with Crippen molar-refractivity contribution in [2.24, 2.45) is 0 Å². The lowest BCUT2D eigenvalue weighted by Gasteiger charge is -2.06. The van der Waals surface area contributed by atoms with Crippen molar-refractivity contribution in [1.29, 1.82) is 0 Å². The van der Waals surface area contributed by atoms with Gasteiger partial charge in [-0.05, 0) is 48.3 Å². The molecule has 0 saturated heterocycles. The molecule has 0 aliphatic carbocycles. The fraction of sp³-hybridized carbons (Fsp3) is 0.278. The SMILES string of the molecule is Cc1nn(Cc2nc3c4sc5nc(C(F)(F)F)cc(C)c5c4ncn3n2)c(C)c1Br. The fourth-order valence-electron chi connectivity index (χ4n) is 3.43. The predicted octanol–water partition coefficient (Wildman–Crippen LogP) is 4.84. The summed E-state index contributed by atoms with van der Waals surface area (Å²) < 4.78 is 44.4.